The third-order valence-corrected chi connectivity index (χ3v) is 2.84. The molecule has 0 spiro atoms. The Morgan fingerprint density at radius 2 is 2.16 bits per heavy atom. The molecule has 1 rings (SSSR count). The zero-order chi connectivity index (χ0) is 14.1. The fourth-order valence-corrected chi connectivity index (χ4v) is 1.82. The van der Waals surface area contributed by atoms with Crippen LogP contribution in [0.4, 0.5) is 0 Å². The van der Waals surface area contributed by atoms with Gasteiger partial charge in [0.05, 0.1) is 12.7 Å². The number of aliphatic hydroxyl groups excluding tert-OH is 1. The minimum Gasteiger partial charge on any atom is -0.491 e. The van der Waals surface area contributed by atoms with Gasteiger partial charge in [0.25, 0.3) is 0 Å². The minimum absolute atomic E-state index is 0.242. The summed E-state index contributed by atoms with van der Waals surface area (Å²) in [6.07, 6.45) is -0.287. The second kappa shape index (κ2) is 9.31. The van der Waals surface area contributed by atoms with Gasteiger partial charge in [-0.25, -0.2) is 0 Å². The lowest BCUT2D eigenvalue weighted by Crippen LogP contribution is -2.33. The molecule has 1 aromatic carbocycles. The van der Waals surface area contributed by atoms with E-state index in [4.69, 9.17) is 9.47 Å². The van der Waals surface area contributed by atoms with Gasteiger partial charge < -0.3 is 19.9 Å². The molecule has 0 radical (unpaired) electrons. The number of hydrogen-bond acceptors (Lipinski definition) is 4. The third kappa shape index (κ3) is 8.21. The standard InChI is InChI=1S/C14H22BrNO3/c1-11(2)18-7-6-16-9-13(17)10-19-14-5-3-4-12(15)8-14/h3-5,8,11,13,16-17H,6-7,9-10H2,1-2H3. The molecule has 0 saturated heterocycles. The first-order valence-electron chi connectivity index (χ1n) is 6.46. The number of benzene rings is 1. The van der Waals surface area contributed by atoms with E-state index in [2.05, 4.69) is 21.2 Å². The lowest BCUT2D eigenvalue weighted by molar-refractivity contribution is 0.0735. The molecule has 1 atom stereocenters. The van der Waals surface area contributed by atoms with E-state index in [1.54, 1.807) is 0 Å². The predicted molar refractivity (Wildman–Crippen MR) is 79.6 cm³/mol. The summed E-state index contributed by atoms with van der Waals surface area (Å²) in [6, 6.07) is 7.56. The van der Waals surface area contributed by atoms with Crippen molar-refractivity contribution in [2.24, 2.45) is 0 Å². The maximum atomic E-state index is 9.75. The van der Waals surface area contributed by atoms with Gasteiger partial charge >= 0.3 is 0 Å². The summed E-state index contributed by atoms with van der Waals surface area (Å²) in [6.45, 7) is 6.15. The molecule has 0 aliphatic heterocycles. The molecule has 0 aliphatic rings. The molecule has 4 nitrogen and oxygen atoms in total. The molecule has 0 aliphatic carbocycles. The van der Waals surface area contributed by atoms with Crippen molar-refractivity contribution >= 4 is 15.9 Å². The Bertz CT molecular complexity index is 360. The topological polar surface area (TPSA) is 50.7 Å². The number of ether oxygens (including phenoxy) is 2. The van der Waals surface area contributed by atoms with Gasteiger partial charge in [0.2, 0.25) is 0 Å². The molecule has 1 aromatic rings. The molecule has 0 saturated carbocycles. The highest BCUT2D eigenvalue weighted by atomic mass is 79.9. The summed E-state index contributed by atoms with van der Waals surface area (Å²) in [5.41, 5.74) is 0. The zero-order valence-electron chi connectivity index (χ0n) is 11.4. The summed E-state index contributed by atoms with van der Waals surface area (Å²) >= 11 is 3.37. The van der Waals surface area contributed by atoms with Gasteiger partial charge in [0.1, 0.15) is 18.5 Å². The Morgan fingerprint density at radius 1 is 1.37 bits per heavy atom. The molecule has 0 heterocycles. The van der Waals surface area contributed by atoms with Gasteiger partial charge in [-0.15, -0.1) is 0 Å². The highest BCUT2D eigenvalue weighted by Gasteiger charge is 2.05. The van der Waals surface area contributed by atoms with Gasteiger partial charge in [0.15, 0.2) is 0 Å². The smallest absolute Gasteiger partial charge is 0.120 e. The van der Waals surface area contributed by atoms with E-state index >= 15 is 0 Å². The first-order chi connectivity index (χ1) is 9.08. The number of hydrogen-bond donors (Lipinski definition) is 2. The van der Waals surface area contributed by atoms with Gasteiger partial charge in [-0.3, -0.25) is 0 Å². The molecule has 5 heteroatoms. The van der Waals surface area contributed by atoms with Crippen LogP contribution in [-0.4, -0.2) is 43.6 Å². The van der Waals surface area contributed by atoms with E-state index in [1.165, 1.54) is 0 Å². The van der Waals surface area contributed by atoms with E-state index in [-0.39, 0.29) is 12.7 Å². The van der Waals surface area contributed by atoms with E-state index < -0.39 is 6.10 Å². The molecule has 1 unspecified atom stereocenters. The van der Waals surface area contributed by atoms with Crippen LogP contribution in [-0.2, 0) is 4.74 Å². The van der Waals surface area contributed by atoms with Crippen molar-refractivity contribution in [2.75, 3.05) is 26.3 Å². The molecule has 0 aromatic heterocycles. The first kappa shape index (κ1) is 16.4. The molecule has 108 valence electrons. The second-order valence-electron chi connectivity index (χ2n) is 4.55. The average Bonchev–Trinajstić information content (AvgIpc) is 2.35. The molecular formula is C14H22BrNO3. The second-order valence-corrected chi connectivity index (χ2v) is 5.46. The van der Waals surface area contributed by atoms with E-state index in [0.29, 0.717) is 13.2 Å². The van der Waals surface area contributed by atoms with Crippen LogP contribution < -0.4 is 10.1 Å². The van der Waals surface area contributed by atoms with Crippen LogP contribution in [0.25, 0.3) is 0 Å². The Kier molecular flexibility index (Phi) is 8.05. The van der Waals surface area contributed by atoms with Crippen LogP contribution in [0.1, 0.15) is 13.8 Å². The van der Waals surface area contributed by atoms with Crippen molar-refractivity contribution in [2.45, 2.75) is 26.1 Å². The number of halogens is 1. The molecule has 0 amide bonds. The van der Waals surface area contributed by atoms with Crippen LogP contribution in [0.5, 0.6) is 5.75 Å². The summed E-state index contributed by atoms with van der Waals surface area (Å²) in [5, 5.41) is 12.9. The quantitative estimate of drug-likeness (QED) is 0.681. The van der Waals surface area contributed by atoms with Crippen LogP contribution in [0.3, 0.4) is 0 Å². The maximum Gasteiger partial charge on any atom is 0.120 e. The Balaban J connectivity index is 2.09. The lowest BCUT2D eigenvalue weighted by atomic mass is 10.3. The van der Waals surface area contributed by atoms with E-state index in [0.717, 1.165) is 16.8 Å². The highest BCUT2D eigenvalue weighted by molar-refractivity contribution is 9.10. The summed E-state index contributed by atoms with van der Waals surface area (Å²) in [5.74, 6) is 0.747. The first-order valence-corrected chi connectivity index (χ1v) is 7.26. The summed E-state index contributed by atoms with van der Waals surface area (Å²) < 4.78 is 11.8. The SMILES string of the molecule is CC(C)OCCNCC(O)COc1cccc(Br)c1. The van der Waals surface area contributed by atoms with Crippen LogP contribution >= 0.6 is 15.9 Å². The molecule has 0 fully saturated rings. The van der Waals surface area contributed by atoms with Crippen molar-refractivity contribution in [3.8, 4) is 5.75 Å². The van der Waals surface area contributed by atoms with Crippen LogP contribution in [0, 0.1) is 0 Å². The average molecular weight is 332 g/mol. The lowest BCUT2D eigenvalue weighted by Gasteiger charge is -2.14. The highest BCUT2D eigenvalue weighted by Crippen LogP contribution is 2.17. The van der Waals surface area contributed by atoms with Crippen LogP contribution in [0.2, 0.25) is 0 Å². The maximum absolute atomic E-state index is 9.75. The Hall–Kier alpha value is -0.620. The normalized spacial score (nSPS) is 12.7. The van der Waals surface area contributed by atoms with Crippen molar-refractivity contribution < 1.29 is 14.6 Å². The van der Waals surface area contributed by atoms with Crippen molar-refractivity contribution in [1.82, 2.24) is 5.32 Å². The summed E-state index contributed by atoms with van der Waals surface area (Å²) in [7, 11) is 0. The largest absolute Gasteiger partial charge is 0.491 e. The van der Waals surface area contributed by atoms with Crippen molar-refractivity contribution in [3.05, 3.63) is 28.7 Å². The summed E-state index contributed by atoms with van der Waals surface area (Å²) in [4.78, 5) is 0. The van der Waals surface area contributed by atoms with Crippen molar-refractivity contribution in [1.29, 1.82) is 0 Å². The van der Waals surface area contributed by atoms with Gasteiger partial charge in [-0.2, -0.15) is 0 Å². The van der Waals surface area contributed by atoms with Gasteiger partial charge in [-0.05, 0) is 32.0 Å². The van der Waals surface area contributed by atoms with E-state index in [1.807, 2.05) is 38.1 Å². The van der Waals surface area contributed by atoms with Gasteiger partial charge in [-0.1, -0.05) is 22.0 Å². The third-order valence-electron chi connectivity index (χ3n) is 2.35. The fraction of sp³-hybridized carbons (Fsp3) is 0.571. The van der Waals surface area contributed by atoms with E-state index in [9.17, 15) is 5.11 Å². The van der Waals surface area contributed by atoms with Crippen molar-refractivity contribution in [3.63, 3.8) is 0 Å². The zero-order valence-corrected chi connectivity index (χ0v) is 13.0. The van der Waals surface area contributed by atoms with Crippen LogP contribution in [0.15, 0.2) is 28.7 Å². The molecule has 0 bridgehead atoms. The fourth-order valence-electron chi connectivity index (χ4n) is 1.44. The van der Waals surface area contributed by atoms with Gasteiger partial charge in [0, 0.05) is 17.6 Å². The number of nitrogens with one attached hydrogen (secondary N) is 1. The molecule has 2 N–H and O–H groups in total. The Labute approximate surface area is 123 Å². The Morgan fingerprint density at radius 3 is 2.84 bits per heavy atom. The molecule has 19 heavy (non-hydrogen) atoms. The number of rotatable bonds is 9. The minimum atomic E-state index is -0.530. The number of aliphatic hydroxyl groups is 1. The monoisotopic (exact) mass is 331 g/mol. The predicted octanol–water partition coefficient (Wildman–Crippen LogP) is 2.20. The molecular weight excluding hydrogens is 310 g/mol.